The molecule has 64 valence electrons. The molecule has 2 N–H and O–H groups in total. The van der Waals surface area contributed by atoms with Crippen LogP contribution in [-0.4, -0.2) is 13.5 Å². The van der Waals surface area contributed by atoms with E-state index in [0.717, 1.165) is 0 Å². The molecule has 0 fully saturated rings. The lowest BCUT2D eigenvalue weighted by molar-refractivity contribution is 0.107. The van der Waals surface area contributed by atoms with Gasteiger partial charge in [-0.2, -0.15) is 0 Å². The Morgan fingerprint density at radius 2 is 1.67 bits per heavy atom. The molecule has 0 saturated heterocycles. The summed E-state index contributed by atoms with van der Waals surface area (Å²) in [4.78, 5) is 11.0. The Balaban J connectivity index is 3.11. The molecule has 0 aliphatic heterocycles. The van der Waals surface area contributed by atoms with Gasteiger partial charge in [-0.25, -0.2) is 13.6 Å². The molecule has 0 aliphatic carbocycles. The molecule has 1 rings (SSSR count). The van der Waals surface area contributed by atoms with Crippen LogP contribution in [0.3, 0.4) is 0 Å². The zero-order valence-corrected chi connectivity index (χ0v) is 6.91. The number of benzene rings is 1. The summed E-state index contributed by atoms with van der Waals surface area (Å²) in [5.74, 6) is 0. The van der Waals surface area contributed by atoms with Crippen molar-refractivity contribution < 1.29 is 13.2 Å². The van der Waals surface area contributed by atoms with Crippen LogP contribution in [0.4, 0.5) is 0 Å². The third kappa shape index (κ3) is 1.90. The molecule has 0 radical (unpaired) electrons. The Hall–Kier alpha value is -1.20. The lowest BCUT2D eigenvalue weighted by atomic mass is 10.2. The molecule has 0 saturated carbocycles. The molecule has 12 heavy (non-hydrogen) atoms. The topological polar surface area (TPSA) is 77.2 Å². The van der Waals surface area contributed by atoms with Crippen LogP contribution < -0.4 is 5.14 Å². The molecule has 0 aliphatic rings. The Bertz CT molecular complexity index is 382. The van der Waals surface area contributed by atoms with E-state index in [1.807, 2.05) is 0 Å². The average Bonchev–Trinajstić information content (AvgIpc) is 2.03. The van der Waals surface area contributed by atoms with Gasteiger partial charge in [0, 0.05) is 5.56 Å². The van der Waals surface area contributed by atoms with E-state index in [0.29, 0.717) is 0 Å². The maximum absolute atomic E-state index is 11.0. The van der Waals surface area contributed by atoms with Crippen LogP contribution in [0, 0.1) is 0 Å². The van der Waals surface area contributed by atoms with Crippen molar-refractivity contribution in [2.75, 3.05) is 0 Å². The summed E-state index contributed by atoms with van der Waals surface area (Å²) in [6, 6.07) is 7.61. The first-order valence-corrected chi connectivity index (χ1v) is 4.68. The summed E-state index contributed by atoms with van der Waals surface area (Å²) in [5.41, 5.74) is 0.0833. The fourth-order valence-corrected chi connectivity index (χ4v) is 1.20. The SMILES string of the molecule is NS(=O)(=O)C(=O)c1ccccc1. The van der Waals surface area contributed by atoms with Gasteiger partial charge in [0.2, 0.25) is 0 Å². The van der Waals surface area contributed by atoms with Crippen LogP contribution in [-0.2, 0) is 10.0 Å². The highest BCUT2D eigenvalue weighted by atomic mass is 32.2. The second-order valence-electron chi connectivity index (χ2n) is 2.20. The molecule has 0 spiro atoms. The molecule has 0 unspecified atom stereocenters. The van der Waals surface area contributed by atoms with Crippen LogP contribution in [0.5, 0.6) is 0 Å². The number of hydrogen-bond acceptors (Lipinski definition) is 3. The largest absolute Gasteiger partial charge is 0.291 e. The maximum atomic E-state index is 11.0. The van der Waals surface area contributed by atoms with Gasteiger partial charge in [-0.3, -0.25) is 4.79 Å². The van der Waals surface area contributed by atoms with Crippen LogP contribution in [0.15, 0.2) is 30.3 Å². The van der Waals surface area contributed by atoms with E-state index in [9.17, 15) is 13.2 Å². The number of carbonyl (C=O) groups is 1. The summed E-state index contributed by atoms with van der Waals surface area (Å²) in [7, 11) is -4.09. The fourth-order valence-electron chi connectivity index (χ4n) is 0.739. The van der Waals surface area contributed by atoms with Gasteiger partial charge >= 0.3 is 0 Å². The molecule has 0 heterocycles. The Labute approximate surface area is 70.1 Å². The van der Waals surface area contributed by atoms with Gasteiger partial charge in [-0.1, -0.05) is 30.3 Å². The predicted octanol–water partition coefficient (Wildman–Crippen LogP) is 0.115. The summed E-state index contributed by atoms with van der Waals surface area (Å²) in [5, 5.41) is 3.58. The smallest absolute Gasteiger partial charge is 0.274 e. The Kier molecular flexibility index (Phi) is 2.25. The van der Waals surface area contributed by atoms with E-state index in [-0.39, 0.29) is 5.56 Å². The number of rotatable bonds is 1. The maximum Gasteiger partial charge on any atom is 0.291 e. The van der Waals surface area contributed by atoms with Crippen molar-refractivity contribution in [3.05, 3.63) is 35.9 Å². The Morgan fingerprint density at radius 1 is 1.17 bits per heavy atom. The van der Waals surface area contributed by atoms with Gasteiger partial charge < -0.3 is 0 Å². The minimum atomic E-state index is -4.09. The fraction of sp³-hybridized carbons (Fsp3) is 0. The molecule has 4 nitrogen and oxygen atoms in total. The Morgan fingerprint density at radius 3 is 2.08 bits per heavy atom. The van der Waals surface area contributed by atoms with Crippen molar-refractivity contribution in [2.24, 2.45) is 5.14 Å². The van der Waals surface area contributed by atoms with Crippen LogP contribution in [0.1, 0.15) is 10.4 Å². The molecule has 5 heteroatoms. The minimum absolute atomic E-state index is 0.0833. The van der Waals surface area contributed by atoms with Crippen LogP contribution in [0.2, 0.25) is 0 Å². The van der Waals surface area contributed by atoms with Gasteiger partial charge in [0.25, 0.3) is 15.1 Å². The van der Waals surface area contributed by atoms with E-state index in [2.05, 4.69) is 5.14 Å². The summed E-state index contributed by atoms with van der Waals surface area (Å²) >= 11 is 0. The first-order chi connectivity index (χ1) is 5.52. The molecule has 0 bridgehead atoms. The van der Waals surface area contributed by atoms with Crippen molar-refractivity contribution in [3.8, 4) is 0 Å². The van der Waals surface area contributed by atoms with Crippen LogP contribution >= 0.6 is 0 Å². The van der Waals surface area contributed by atoms with E-state index >= 15 is 0 Å². The third-order valence-corrected chi connectivity index (χ3v) is 2.02. The lowest BCUT2D eigenvalue weighted by Gasteiger charge is -1.95. The highest BCUT2D eigenvalue weighted by Gasteiger charge is 2.17. The number of hydrogen-bond donors (Lipinski definition) is 1. The van der Waals surface area contributed by atoms with E-state index in [1.165, 1.54) is 12.1 Å². The van der Waals surface area contributed by atoms with Crippen molar-refractivity contribution in [3.63, 3.8) is 0 Å². The highest BCUT2D eigenvalue weighted by molar-refractivity contribution is 8.04. The standard InChI is InChI=1S/C7H7NO3S/c8-12(10,11)7(9)6-4-2-1-3-5-6/h1-5H,(H2,8,10,11). The van der Waals surface area contributed by atoms with Crippen molar-refractivity contribution >= 4 is 15.1 Å². The molecule has 1 aromatic rings. The van der Waals surface area contributed by atoms with Gasteiger partial charge in [0.05, 0.1) is 0 Å². The monoisotopic (exact) mass is 185 g/mol. The molecule has 0 aromatic heterocycles. The quantitative estimate of drug-likeness (QED) is 0.674. The normalized spacial score (nSPS) is 11.1. The van der Waals surface area contributed by atoms with Crippen molar-refractivity contribution in [1.29, 1.82) is 0 Å². The predicted molar refractivity (Wildman–Crippen MR) is 43.9 cm³/mol. The molecular formula is C7H7NO3S. The molecule has 0 amide bonds. The first-order valence-electron chi connectivity index (χ1n) is 3.14. The summed E-state index contributed by atoms with van der Waals surface area (Å²) < 4.78 is 21.1. The van der Waals surface area contributed by atoms with Gasteiger partial charge in [0.1, 0.15) is 0 Å². The first kappa shape index (κ1) is 8.89. The van der Waals surface area contributed by atoms with Crippen molar-refractivity contribution in [2.45, 2.75) is 0 Å². The van der Waals surface area contributed by atoms with Crippen LogP contribution in [0.25, 0.3) is 0 Å². The van der Waals surface area contributed by atoms with Gasteiger partial charge in [-0.15, -0.1) is 0 Å². The third-order valence-electron chi connectivity index (χ3n) is 1.27. The van der Waals surface area contributed by atoms with E-state index in [1.54, 1.807) is 18.2 Å². The lowest BCUT2D eigenvalue weighted by Crippen LogP contribution is -2.23. The minimum Gasteiger partial charge on any atom is -0.274 e. The van der Waals surface area contributed by atoms with E-state index in [4.69, 9.17) is 0 Å². The summed E-state index contributed by atoms with van der Waals surface area (Å²) in [6.07, 6.45) is 0. The number of sulfonamides is 1. The number of primary sulfonamides is 1. The van der Waals surface area contributed by atoms with E-state index < -0.39 is 15.1 Å². The summed E-state index contributed by atoms with van der Waals surface area (Å²) in [6.45, 7) is 0. The van der Waals surface area contributed by atoms with Crippen molar-refractivity contribution in [1.82, 2.24) is 0 Å². The number of carbonyl (C=O) groups excluding carboxylic acids is 1. The van der Waals surface area contributed by atoms with Gasteiger partial charge in [0.15, 0.2) is 0 Å². The molecule has 0 atom stereocenters. The zero-order valence-electron chi connectivity index (χ0n) is 6.10. The molecular weight excluding hydrogens is 178 g/mol. The second-order valence-corrected chi connectivity index (χ2v) is 3.66. The molecule has 1 aromatic carbocycles. The average molecular weight is 185 g/mol. The highest BCUT2D eigenvalue weighted by Crippen LogP contribution is 2.02. The number of nitrogens with two attached hydrogens (primary N) is 1. The van der Waals surface area contributed by atoms with Gasteiger partial charge in [-0.05, 0) is 0 Å². The second kappa shape index (κ2) is 3.04. The zero-order chi connectivity index (χ0) is 9.19.